The van der Waals surface area contributed by atoms with Gasteiger partial charge in [-0.15, -0.1) is 0 Å². The van der Waals surface area contributed by atoms with Crippen molar-refractivity contribution in [3.63, 3.8) is 0 Å². The zero-order valence-electron chi connectivity index (χ0n) is 9.91. The van der Waals surface area contributed by atoms with E-state index in [9.17, 15) is 4.79 Å². The Balaban J connectivity index is 2.83. The molecule has 3 N–H and O–H groups in total. The summed E-state index contributed by atoms with van der Waals surface area (Å²) in [6.45, 7) is 6.31. The van der Waals surface area contributed by atoms with Crippen LogP contribution in [-0.4, -0.2) is 11.5 Å². The molecule has 4 nitrogen and oxygen atoms in total. The maximum absolute atomic E-state index is 11.5. The van der Waals surface area contributed by atoms with Crippen LogP contribution in [-0.2, 0) is 11.3 Å². The van der Waals surface area contributed by atoms with Crippen LogP contribution in [0.15, 0.2) is 24.3 Å². The summed E-state index contributed by atoms with van der Waals surface area (Å²) < 4.78 is 5.63. The minimum atomic E-state index is -0.298. The number of rotatable bonds is 3. The SMILES string of the molecule is CC(C)(C)OCc1ccccc1C(=O)NN. The van der Waals surface area contributed by atoms with Gasteiger partial charge in [-0.25, -0.2) is 5.84 Å². The highest BCUT2D eigenvalue weighted by Crippen LogP contribution is 2.15. The van der Waals surface area contributed by atoms with Crippen LogP contribution in [0, 0.1) is 0 Å². The van der Waals surface area contributed by atoms with Gasteiger partial charge >= 0.3 is 0 Å². The molecule has 0 aromatic heterocycles. The molecule has 0 bridgehead atoms. The molecular formula is C12H18N2O2. The molecular weight excluding hydrogens is 204 g/mol. The summed E-state index contributed by atoms with van der Waals surface area (Å²) in [5.41, 5.74) is 3.28. The molecule has 0 heterocycles. The van der Waals surface area contributed by atoms with Crippen molar-refractivity contribution in [2.45, 2.75) is 33.0 Å². The van der Waals surface area contributed by atoms with Crippen LogP contribution < -0.4 is 11.3 Å². The van der Waals surface area contributed by atoms with Crippen molar-refractivity contribution < 1.29 is 9.53 Å². The number of hydrogen-bond acceptors (Lipinski definition) is 3. The van der Waals surface area contributed by atoms with Crippen molar-refractivity contribution >= 4 is 5.91 Å². The highest BCUT2D eigenvalue weighted by molar-refractivity contribution is 5.95. The van der Waals surface area contributed by atoms with Crippen LogP contribution in [0.3, 0.4) is 0 Å². The summed E-state index contributed by atoms with van der Waals surface area (Å²) in [6, 6.07) is 7.25. The first-order valence-corrected chi connectivity index (χ1v) is 5.17. The Morgan fingerprint density at radius 2 is 2.00 bits per heavy atom. The summed E-state index contributed by atoms with van der Waals surface area (Å²) in [4.78, 5) is 11.5. The number of nitrogen functional groups attached to an aromatic ring is 1. The van der Waals surface area contributed by atoms with Gasteiger partial charge in [0.1, 0.15) is 0 Å². The highest BCUT2D eigenvalue weighted by Gasteiger charge is 2.14. The van der Waals surface area contributed by atoms with E-state index in [0.717, 1.165) is 5.56 Å². The lowest BCUT2D eigenvalue weighted by atomic mass is 10.1. The molecule has 0 radical (unpaired) electrons. The van der Waals surface area contributed by atoms with E-state index in [2.05, 4.69) is 5.43 Å². The van der Waals surface area contributed by atoms with E-state index in [-0.39, 0.29) is 11.5 Å². The first-order valence-electron chi connectivity index (χ1n) is 5.17. The standard InChI is InChI=1S/C12H18N2O2/c1-12(2,3)16-8-9-6-4-5-7-10(9)11(15)14-13/h4-7H,8,13H2,1-3H3,(H,14,15). The molecule has 0 fully saturated rings. The van der Waals surface area contributed by atoms with E-state index in [1.807, 2.05) is 32.9 Å². The van der Waals surface area contributed by atoms with Gasteiger partial charge in [-0.1, -0.05) is 18.2 Å². The number of carbonyl (C=O) groups excluding carboxylic acids is 1. The van der Waals surface area contributed by atoms with Crippen molar-refractivity contribution in [3.8, 4) is 0 Å². The Labute approximate surface area is 95.8 Å². The van der Waals surface area contributed by atoms with Crippen LogP contribution in [0.25, 0.3) is 0 Å². The van der Waals surface area contributed by atoms with E-state index in [1.165, 1.54) is 0 Å². The summed E-state index contributed by atoms with van der Waals surface area (Å²) in [6.07, 6.45) is 0. The predicted octanol–water partition coefficient (Wildman–Crippen LogP) is 1.61. The van der Waals surface area contributed by atoms with E-state index >= 15 is 0 Å². The van der Waals surface area contributed by atoms with Gasteiger partial charge in [0.05, 0.1) is 12.2 Å². The van der Waals surface area contributed by atoms with Gasteiger partial charge in [0.2, 0.25) is 0 Å². The van der Waals surface area contributed by atoms with Crippen LogP contribution in [0.2, 0.25) is 0 Å². The largest absolute Gasteiger partial charge is 0.371 e. The number of nitrogens with two attached hydrogens (primary N) is 1. The molecule has 1 aromatic rings. The number of ether oxygens (including phenoxy) is 1. The lowest BCUT2D eigenvalue weighted by molar-refractivity contribution is -0.0152. The molecule has 1 aromatic carbocycles. The Hall–Kier alpha value is -1.39. The van der Waals surface area contributed by atoms with Gasteiger partial charge in [0.15, 0.2) is 0 Å². The number of hydrogen-bond donors (Lipinski definition) is 2. The number of amides is 1. The van der Waals surface area contributed by atoms with Crippen LogP contribution in [0.4, 0.5) is 0 Å². The molecule has 0 saturated carbocycles. The molecule has 0 unspecified atom stereocenters. The molecule has 88 valence electrons. The Kier molecular flexibility index (Phi) is 4.04. The fourth-order valence-electron chi connectivity index (χ4n) is 1.24. The van der Waals surface area contributed by atoms with E-state index < -0.39 is 0 Å². The van der Waals surface area contributed by atoms with Gasteiger partial charge in [-0.2, -0.15) is 0 Å². The first kappa shape index (κ1) is 12.7. The average molecular weight is 222 g/mol. The van der Waals surface area contributed by atoms with Crippen molar-refractivity contribution in [3.05, 3.63) is 35.4 Å². The Bertz CT molecular complexity index is 370. The van der Waals surface area contributed by atoms with Crippen molar-refractivity contribution in [1.29, 1.82) is 0 Å². The van der Waals surface area contributed by atoms with E-state index in [4.69, 9.17) is 10.6 Å². The quantitative estimate of drug-likeness (QED) is 0.464. The number of carbonyl (C=O) groups is 1. The zero-order chi connectivity index (χ0) is 12.2. The van der Waals surface area contributed by atoms with Crippen LogP contribution >= 0.6 is 0 Å². The third-order valence-corrected chi connectivity index (χ3v) is 2.05. The summed E-state index contributed by atoms with van der Waals surface area (Å²) in [5.74, 6) is 4.82. The summed E-state index contributed by atoms with van der Waals surface area (Å²) >= 11 is 0. The van der Waals surface area contributed by atoms with Gasteiger partial charge in [-0.05, 0) is 32.4 Å². The number of benzene rings is 1. The second kappa shape index (κ2) is 5.09. The van der Waals surface area contributed by atoms with Crippen molar-refractivity contribution in [2.75, 3.05) is 0 Å². The normalized spacial score (nSPS) is 11.2. The van der Waals surface area contributed by atoms with Crippen molar-refractivity contribution in [1.82, 2.24) is 5.43 Å². The third kappa shape index (κ3) is 3.64. The maximum atomic E-state index is 11.5. The lowest BCUT2D eigenvalue weighted by Crippen LogP contribution is -2.31. The Morgan fingerprint density at radius 3 is 2.56 bits per heavy atom. The molecule has 0 aliphatic rings. The van der Waals surface area contributed by atoms with Crippen LogP contribution in [0.1, 0.15) is 36.7 Å². The Morgan fingerprint density at radius 1 is 1.38 bits per heavy atom. The number of hydrazine groups is 1. The monoisotopic (exact) mass is 222 g/mol. The fourth-order valence-corrected chi connectivity index (χ4v) is 1.24. The molecule has 0 atom stereocenters. The second-order valence-corrected chi connectivity index (χ2v) is 4.53. The summed E-state index contributed by atoms with van der Waals surface area (Å²) in [7, 11) is 0. The molecule has 0 aliphatic carbocycles. The molecule has 1 amide bonds. The van der Waals surface area contributed by atoms with Crippen LogP contribution in [0.5, 0.6) is 0 Å². The minimum Gasteiger partial charge on any atom is -0.371 e. The predicted molar refractivity (Wildman–Crippen MR) is 62.6 cm³/mol. The molecule has 0 spiro atoms. The maximum Gasteiger partial charge on any atom is 0.265 e. The van der Waals surface area contributed by atoms with Gasteiger partial charge in [0, 0.05) is 5.56 Å². The van der Waals surface area contributed by atoms with Crippen molar-refractivity contribution in [2.24, 2.45) is 5.84 Å². The van der Waals surface area contributed by atoms with E-state index in [1.54, 1.807) is 12.1 Å². The van der Waals surface area contributed by atoms with Gasteiger partial charge in [-0.3, -0.25) is 10.2 Å². The topological polar surface area (TPSA) is 64.3 Å². The first-order chi connectivity index (χ1) is 7.44. The fraction of sp³-hybridized carbons (Fsp3) is 0.417. The second-order valence-electron chi connectivity index (χ2n) is 4.53. The average Bonchev–Trinajstić information content (AvgIpc) is 2.25. The van der Waals surface area contributed by atoms with Gasteiger partial charge in [0.25, 0.3) is 5.91 Å². The third-order valence-electron chi connectivity index (χ3n) is 2.05. The highest BCUT2D eigenvalue weighted by atomic mass is 16.5. The summed E-state index contributed by atoms with van der Waals surface area (Å²) in [5, 5.41) is 0. The number of nitrogens with one attached hydrogen (secondary N) is 1. The molecule has 1 rings (SSSR count). The molecule has 4 heteroatoms. The minimum absolute atomic E-state index is 0.230. The van der Waals surface area contributed by atoms with E-state index in [0.29, 0.717) is 12.2 Å². The molecule has 16 heavy (non-hydrogen) atoms. The smallest absolute Gasteiger partial charge is 0.265 e. The lowest BCUT2D eigenvalue weighted by Gasteiger charge is -2.20. The molecule has 0 saturated heterocycles. The zero-order valence-corrected chi connectivity index (χ0v) is 9.91. The molecule has 0 aliphatic heterocycles. The van der Waals surface area contributed by atoms with Gasteiger partial charge < -0.3 is 4.74 Å².